The van der Waals surface area contributed by atoms with Crippen LogP contribution in [0.4, 0.5) is 0 Å². The van der Waals surface area contributed by atoms with E-state index in [2.05, 4.69) is 88.4 Å². The molecule has 0 atom stereocenters. The summed E-state index contributed by atoms with van der Waals surface area (Å²) in [6, 6.07) is 25.5. The standard InChI is InChI=1S/C43H53S/c1-25(2)41-26(3)13-40(14-27(41)4)44(38-9-5-32(6-10-38)42-34-17-28-15-29(19-34)20-35(42)18-28)39-11-7-33(8-12-39)43-36-21-30-16-31(23-36)24-37(43)22-30/h5-14,25,28-31,34-37,42-43H,15-24H2,1-4H3/q+1. The van der Waals surface area contributed by atoms with Gasteiger partial charge in [0.15, 0.2) is 14.7 Å². The zero-order valence-corrected chi connectivity index (χ0v) is 28.4. The van der Waals surface area contributed by atoms with Crippen LogP contribution in [-0.2, 0) is 10.9 Å². The summed E-state index contributed by atoms with van der Waals surface area (Å²) in [4.78, 5) is 4.49. The van der Waals surface area contributed by atoms with Gasteiger partial charge >= 0.3 is 0 Å². The Morgan fingerprint density at radius 2 is 0.818 bits per heavy atom. The van der Waals surface area contributed by atoms with Crippen molar-refractivity contribution in [2.24, 2.45) is 47.3 Å². The molecular formula is C43H53S+. The van der Waals surface area contributed by atoms with E-state index in [0.717, 1.165) is 59.2 Å². The molecule has 8 aliphatic rings. The van der Waals surface area contributed by atoms with Gasteiger partial charge in [0.2, 0.25) is 0 Å². The van der Waals surface area contributed by atoms with Gasteiger partial charge in [-0.1, -0.05) is 38.1 Å². The van der Waals surface area contributed by atoms with Crippen molar-refractivity contribution in [3.8, 4) is 0 Å². The maximum absolute atomic E-state index is 2.56. The number of benzene rings is 3. The van der Waals surface area contributed by atoms with Gasteiger partial charge in [0.1, 0.15) is 0 Å². The second-order valence-corrected chi connectivity index (χ2v) is 19.0. The summed E-state index contributed by atoms with van der Waals surface area (Å²) in [7, 11) is -0.0910. The van der Waals surface area contributed by atoms with Crippen LogP contribution in [0.15, 0.2) is 75.4 Å². The molecule has 0 N–H and O–H groups in total. The molecule has 0 radical (unpaired) electrons. The normalized spacial score (nSPS) is 37.2. The summed E-state index contributed by atoms with van der Waals surface area (Å²) < 4.78 is 0. The molecule has 0 aromatic heterocycles. The molecule has 3 aromatic rings. The van der Waals surface area contributed by atoms with Gasteiger partial charge in [-0.25, -0.2) is 0 Å². The predicted molar refractivity (Wildman–Crippen MR) is 185 cm³/mol. The topological polar surface area (TPSA) is 0 Å². The molecule has 230 valence electrons. The quantitative estimate of drug-likeness (QED) is 0.247. The molecule has 0 nitrogen and oxygen atoms in total. The minimum Gasteiger partial charge on any atom is -0.0587 e. The molecule has 11 rings (SSSR count). The Morgan fingerprint density at radius 3 is 1.14 bits per heavy atom. The Kier molecular flexibility index (Phi) is 6.93. The van der Waals surface area contributed by atoms with Crippen molar-refractivity contribution in [1.82, 2.24) is 0 Å². The molecule has 0 aliphatic heterocycles. The fourth-order valence-electron chi connectivity index (χ4n) is 13.0. The number of aryl methyl sites for hydroxylation is 2. The highest BCUT2D eigenvalue weighted by atomic mass is 32.2. The zero-order valence-electron chi connectivity index (χ0n) is 27.6. The lowest BCUT2D eigenvalue weighted by Crippen LogP contribution is -2.43. The van der Waals surface area contributed by atoms with Crippen LogP contribution in [0.25, 0.3) is 0 Å². The van der Waals surface area contributed by atoms with Gasteiger partial charge < -0.3 is 0 Å². The van der Waals surface area contributed by atoms with Crippen LogP contribution < -0.4 is 0 Å². The first-order chi connectivity index (χ1) is 21.4. The predicted octanol–water partition coefficient (Wildman–Crippen LogP) is 11.6. The SMILES string of the molecule is Cc1cc([S+](c2ccc(C3C4CC5CC(C4)CC3C5)cc2)c2ccc(C3C4CC5CC(C4)CC3C5)cc2)cc(C)c1C(C)C. The molecule has 3 aromatic carbocycles. The van der Waals surface area contributed by atoms with Crippen LogP contribution >= 0.6 is 0 Å². The molecule has 8 fully saturated rings. The summed E-state index contributed by atoms with van der Waals surface area (Å²) in [5, 5.41) is 0. The van der Waals surface area contributed by atoms with E-state index in [-0.39, 0.29) is 10.9 Å². The van der Waals surface area contributed by atoms with Crippen LogP contribution in [0.2, 0.25) is 0 Å². The van der Waals surface area contributed by atoms with E-state index in [1.807, 2.05) is 0 Å². The lowest BCUT2D eigenvalue weighted by Gasteiger charge is -2.54. The van der Waals surface area contributed by atoms with Crippen LogP contribution in [0.3, 0.4) is 0 Å². The van der Waals surface area contributed by atoms with Crippen molar-refractivity contribution in [3.05, 3.63) is 88.5 Å². The molecule has 0 saturated heterocycles. The van der Waals surface area contributed by atoms with Crippen molar-refractivity contribution >= 4 is 10.9 Å². The summed E-state index contributed by atoms with van der Waals surface area (Å²) in [6.07, 6.45) is 15.1. The van der Waals surface area contributed by atoms with E-state index >= 15 is 0 Å². The number of rotatable bonds is 6. The van der Waals surface area contributed by atoms with Crippen molar-refractivity contribution in [2.75, 3.05) is 0 Å². The number of hydrogen-bond donors (Lipinski definition) is 0. The monoisotopic (exact) mass is 601 g/mol. The van der Waals surface area contributed by atoms with E-state index in [1.54, 1.807) is 11.1 Å². The van der Waals surface area contributed by atoms with Crippen molar-refractivity contribution in [2.45, 2.75) is 124 Å². The van der Waals surface area contributed by atoms with Gasteiger partial charge in [0.05, 0.1) is 10.9 Å². The highest BCUT2D eigenvalue weighted by molar-refractivity contribution is 7.97. The molecule has 0 heterocycles. The van der Waals surface area contributed by atoms with E-state index in [4.69, 9.17) is 0 Å². The summed E-state index contributed by atoms with van der Waals surface area (Å²) in [5.74, 6) is 10.1. The molecule has 8 aliphatic carbocycles. The van der Waals surface area contributed by atoms with Gasteiger partial charge in [0, 0.05) is 0 Å². The van der Waals surface area contributed by atoms with Crippen LogP contribution in [0.1, 0.15) is 124 Å². The first-order valence-corrected chi connectivity index (χ1v) is 19.7. The van der Waals surface area contributed by atoms with Gasteiger partial charge in [0.25, 0.3) is 0 Å². The van der Waals surface area contributed by atoms with Gasteiger partial charge in [-0.2, -0.15) is 0 Å². The minimum absolute atomic E-state index is 0.0910. The first-order valence-electron chi connectivity index (χ1n) is 18.4. The van der Waals surface area contributed by atoms with Crippen molar-refractivity contribution < 1.29 is 0 Å². The van der Waals surface area contributed by atoms with Crippen LogP contribution in [-0.4, -0.2) is 0 Å². The third kappa shape index (κ3) is 4.68. The molecule has 0 unspecified atom stereocenters. The van der Waals surface area contributed by atoms with Crippen molar-refractivity contribution in [1.29, 1.82) is 0 Å². The second-order valence-electron chi connectivity index (χ2n) is 17.0. The maximum Gasteiger partial charge on any atom is 0.167 e. The first kappa shape index (κ1) is 28.3. The maximum atomic E-state index is 2.56. The molecule has 8 bridgehead atoms. The average Bonchev–Trinajstić information content (AvgIpc) is 2.97. The van der Waals surface area contributed by atoms with E-state index in [9.17, 15) is 0 Å². The zero-order chi connectivity index (χ0) is 29.7. The second kappa shape index (κ2) is 10.8. The number of hydrogen-bond acceptors (Lipinski definition) is 0. The highest BCUT2D eigenvalue weighted by Gasteiger charge is 2.50. The minimum atomic E-state index is -0.0910. The Labute approximate surface area is 270 Å². The highest BCUT2D eigenvalue weighted by Crippen LogP contribution is 2.61. The average molecular weight is 602 g/mol. The largest absolute Gasteiger partial charge is 0.167 e. The summed E-state index contributed by atoms with van der Waals surface area (Å²) in [6.45, 7) is 9.39. The smallest absolute Gasteiger partial charge is 0.0587 e. The van der Waals surface area contributed by atoms with E-state index in [1.165, 1.54) is 95.6 Å². The fourth-order valence-corrected chi connectivity index (χ4v) is 15.2. The third-order valence-corrected chi connectivity index (χ3v) is 16.0. The Morgan fingerprint density at radius 1 is 0.477 bits per heavy atom. The fraction of sp³-hybridized carbons (Fsp3) is 0.581. The third-order valence-electron chi connectivity index (χ3n) is 13.8. The molecule has 44 heavy (non-hydrogen) atoms. The lowest BCUT2D eigenvalue weighted by molar-refractivity contribution is -0.00285. The Bertz CT molecular complexity index is 1360. The Balaban J connectivity index is 1.06. The van der Waals surface area contributed by atoms with E-state index in [0.29, 0.717) is 5.92 Å². The van der Waals surface area contributed by atoms with Gasteiger partial charge in [-0.3, -0.25) is 0 Å². The van der Waals surface area contributed by atoms with Crippen LogP contribution in [0.5, 0.6) is 0 Å². The van der Waals surface area contributed by atoms with Gasteiger partial charge in [-0.15, -0.1) is 0 Å². The Hall–Kier alpha value is -1.99. The summed E-state index contributed by atoms with van der Waals surface area (Å²) >= 11 is 0. The molecule has 0 amide bonds. The van der Waals surface area contributed by atoms with E-state index < -0.39 is 0 Å². The summed E-state index contributed by atoms with van der Waals surface area (Å²) in [5.41, 5.74) is 7.74. The van der Waals surface area contributed by atoms with Crippen molar-refractivity contribution in [3.63, 3.8) is 0 Å². The molecule has 8 saturated carbocycles. The van der Waals surface area contributed by atoms with Gasteiger partial charge in [-0.05, 0) is 207 Å². The molecule has 1 heteroatoms. The van der Waals surface area contributed by atoms with Crippen LogP contribution in [0, 0.1) is 61.2 Å². The molecule has 0 spiro atoms. The lowest BCUT2D eigenvalue weighted by atomic mass is 9.51. The molecular weight excluding hydrogens is 549 g/mol.